The standard InChI is InChI=1S/C19H25ClN4O/c1-14-16(13-21)12-17(20)19(22-14)24-9-7-23(8-10-24)18(25)11-15-5-3-2-4-6-15/h12,15H,2-11H2,1H3. The number of nitriles is 1. The Kier molecular flexibility index (Phi) is 5.80. The molecule has 3 rings (SSSR count). The van der Waals surface area contributed by atoms with Crippen molar-refractivity contribution in [1.29, 1.82) is 5.26 Å². The van der Waals surface area contributed by atoms with Gasteiger partial charge in [-0.15, -0.1) is 0 Å². The molecule has 0 bridgehead atoms. The molecule has 1 aromatic rings. The summed E-state index contributed by atoms with van der Waals surface area (Å²) < 4.78 is 0. The molecule has 0 radical (unpaired) electrons. The smallest absolute Gasteiger partial charge is 0.222 e. The Hall–Kier alpha value is -1.80. The van der Waals surface area contributed by atoms with Crippen LogP contribution < -0.4 is 4.90 Å². The van der Waals surface area contributed by atoms with Gasteiger partial charge in [0.05, 0.1) is 16.3 Å². The molecule has 2 fully saturated rings. The fourth-order valence-corrected chi connectivity index (χ4v) is 4.11. The number of halogens is 1. The minimum atomic E-state index is 0.293. The molecule has 0 aromatic carbocycles. The van der Waals surface area contributed by atoms with E-state index < -0.39 is 0 Å². The molecule has 0 spiro atoms. The van der Waals surface area contributed by atoms with Gasteiger partial charge in [-0.3, -0.25) is 4.79 Å². The highest BCUT2D eigenvalue weighted by Gasteiger charge is 2.26. The molecule has 134 valence electrons. The van der Waals surface area contributed by atoms with Crippen LogP contribution in [0.25, 0.3) is 0 Å². The van der Waals surface area contributed by atoms with Crippen molar-refractivity contribution in [2.75, 3.05) is 31.1 Å². The fourth-order valence-electron chi connectivity index (χ4n) is 3.84. The van der Waals surface area contributed by atoms with Crippen LogP contribution in [0.2, 0.25) is 5.02 Å². The molecule has 1 saturated carbocycles. The van der Waals surface area contributed by atoms with E-state index in [0.29, 0.717) is 47.6 Å². The molecule has 1 aromatic heterocycles. The van der Waals surface area contributed by atoms with Crippen molar-refractivity contribution in [1.82, 2.24) is 9.88 Å². The van der Waals surface area contributed by atoms with Crippen molar-refractivity contribution in [3.63, 3.8) is 0 Å². The first-order chi connectivity index (χ1) is 12.1. The molecule has 25 heavy (non-hydrogen) atoms. The predicted molar refractivity (Wildman–Crippen MR) is 98.7 cm³/mol. The van der Waals surface area contributed by atoms with Crippen LogP contribution in [-0.4, -0.2) is 42.0 Å². The van der Waals surface area contributed by atoms with Gasteiger partial charge in [0.2, 0.25) is 5.91 Å². The van der Waals surface area contributed by atoms with Crippen LogP contribution in [0.5, 0.6) is 0 Å². The summed E-state index contributed by atoms with van der Waals surface area (Å²) in [5, 5.41) is 9.57. The molecule has 1 aliphatic heterocycles. The normalized spacial score (nSPS) is 18.9. The number of hydrogen-bond donors (Lipinski definition) is 0. The van der Waals surface area contributed by atoms with Gasteiger partial charge in [-0.1, -0.05) is 30.9 Å². The number of amides is 1. The topological polar surface area (TPSA) is 60.2 Å². The van der Waals surface area contributed by atoms with Gasteiger partial charge in [0.15, 0.2) is 0 Å². The number of hydrogen-bond acceptors (Lipinski definition) is 4. The summed E-state index contributed by atoms with van der Waals surface area (Å²) in [4.78, 5) is 21.1. The predicted octanol–water partition coefficient (Wildman–Crippen LogP) is 3.53. The lowest BCUT2D eigenvalue weighted by atomic mass is 9.86. The number of anilines is 1. The second kappa shape index (κ2) is 8.05. The summed E-state index contributed by atoms with van der Waals surface area (Å²) in [6.07, 6.45) is 6.98. The van der Waals surface area contributed by atoms with E-state index in [1.807, 2.05) is 11.8 Å². The fraction of sp³-hybridized carbons (Fsp3) is 0.632. The summed E-state index contributed by atoms with van der Waals surface area (Å²) in [5.41, 5.74) is 1.20. The third-order valence-corrected chi connectivity index (χ3v) is 5.67. The van der Waals surface area contributed by atoms with Crippen molar-refractivity contribution < 1.29 is 4.79 Å². The van der Waals surface area contributed by atoms with Crippen LogP contribution in [0.1, 0.15) is 49.8 Å². The van der Waals surface area contributed by atoms with E-state index in [4.69, 9.17) is 16.9 Å². The monoisotopic (exact) mass is 360 g/mol. The molecule has 0 atom stereocenters. The summed E-state index contributed by atoms with van der Waals surface area (Å²) in [6, 6.07) is 3.79. The van der Waals surface area contributed by atoms with Gasteiger partial charge in [0, 0.05) is 32.6 Å². The average molecular weight is 361 g/mol. The van der Waals surface area contributed by atoms with Gasteiger partial charge in [-0.2, -0.15) is 5.26 Å². The van der Waals surface area contributed by atoms with Gasteiger partial charge in [-0.25, -0.2) is 4.98 Å². The van der Waals surface area contributed by atoms with Gasteiger partial charge in [0.1, 0.15) is 11.9 Å². The summed E-state index contributed by atoms with van der Waals surface area (Å²) in [5.74, 6) is 1.59. The molecule has 1 aliphatic carbocycles. The number of aromatic nitrogens is 1. The second-order valence-corrected chi connectivity index (χ2v) is 7.52. The van der Waals surface area contributed by atoms with E-state index in [0.717, 1.165) is 18.9 Å². The van der Waals surface area contributed by atoms with Crippen LogP contribution >= 0.6 is 11.6 Å². The Morgan fingerprint density at radius 1 is 1.28 bits per heavy atom. The quantitative estimate of drug-likeness (QED) is 0.827. The zero-order chi connectivity index (χ0) is 17.8. The molecule has 6 heteroatoms. The summed E-state index contributed by atoms with van der Waals surface area (Å²) in [7, 11) is 0. The number of carbonyl (C=O) groups excluding carboxylic acids is 1. The van der Waals surface area contributed by atoms with Crippen molar-refractivity contribution in [2.24, 2.45) is 5.92 Å². The molecule has 1 saturated heterocycles. The zero-order valence-electron chi connectivity index (χ0n) is 14.8. The lowest BCUT2D eigenvalue weighted by Gasteiger charge is -2.36. The number of piperazine rings is 1. The number of aryl methyl sites for hydroxylation is 1. The molecule has 0 N–H and O–H groups in total. The van der Waals surface area contributed by atoms with Crippen molar-refractivity contribution in [2.45, 2.75) is 45.4 Å². The Morgan fingerprint density at radius 2 is 1.96 bits per heavy atom. The lowest BCUT2D eigenvalue weighted by Crippen LogP contribution is -2.49. The summed E-state index contributed by atoms with van der Waals surface area (Å²) in [6.45, 7) is 4.70. The minimum Gasteiger partial charge on any atom is -0.352 e. The maximum atomic E-state index is 12.5. The maximum absolute atomic E-state index is 12.5. The second-order valence-electron chi connectivity index (χ2n) is 7.11. The molecule has 2 aliphatic rings. The highest BCUT2D eigenvalue weighted by molar-refractivity contribution is 6.33. The SMILES string of the molecule is Cc1nc(N2CCN(C(=O)CC3CCCCC3)CC2)c(Cl)cc1C#N. The largest absolute Gasteiger partial charge is 0.352 e. The Bertz CT molecular complexity index is 671. The molecular formula is C19H25ClN4O. The maximum Gasteiger partial charge on any atom is 0.222 e. The van der Waals surface area contributed by atoms with Crippen molar-refractivity contribution in [3.8, 4) is 6.07 Å². The van der Waals surface area contributed by atoms with Crippen molar-refractivity contribution >= 4 is 23.3 Å². The highest BCUT2D eigenvalue weighted by atomic mass is 35.5. The Labute approximate surface area is 154 Å². The van der Waals surface area contributed by atoms with Crippen LogP contribution in [0, 0.1) is 24.2 Å². The van der Waals surface area contributed by atoms with Crippen LogP contribution in [0.4, 0.5) is 5.82 Å². The molecular weight excluding hydrogens is 336 g/mol. The van der Waals surface area contributed by atoms with E-state index in [2.05, 4.69) is 16.0 Å². The Morgan fingerprint density at radius 3 is 2.60 bits per heavy atom. The minimum absolute atomic E-state index is 0.293. The first-order valence-corrected chi connectivity index (χ1v) is 9.56. The molecule has 5 nitrogen and oxygen atoms in total. The molecule has 1 amide bonds. The number of pyridine rings is 1. The van der Waals surface area contributed by atoms with Crippen LogP contribution in [0.15, 0.2) is 6.07 Å². The third-order valence-electron chi connectivity index (χ3n) is 5.39. The number of carbonyl (C=O) groups is 1. The Balaban J connectivity index is 1.57. The lowest BCUT2D eigenvalue weighted by molar-refractivity contribution is -0.132. The van der Waals surface area contributed by atoms with Crippen molar-refractivity contribution in [3.05, 3.63) is 22.3 Å². The van der Waals surface area contributed by atoms with Gasteiger partial charge < -0.3 is 9.80 Å². The summed E-state index contributed by atoms with van der Waals surface area (Å²) >= 11 is 6.31. The van der Waals surface area contributed by atoms with E-state index >= 15 is 0 Å². The van der Waals surface area contributed by atoms with Gasteiger partial charge in [-0.05, 0) is 31.7 Å². The third kappa shape index (κ3) is 4.24. The first kappa shape index (κ1) is 18.0. The number of nitrogens with zero attached hydrogens (tertiary/aromatic N) is 4. The molecule has 0 unspecified atom stereocenters. The highest BCUT2D eigenvalue weighted by Crippen LogP contribution is 2.29. The first-order valence-electron chi connectivity index (χ1n) is 9.18. The van der Waals surface area contributed by atoms with E-state index in [-0.39, 0.29) is 0 Å². The van der Waals surface area contributed by atoms with E-state index in [1.54, 1.807) is 6.07 Å². The van der Waals surface area contributed by atoms with E-state index in [1.165, 1.54) is 32.1 Å². The van der Waals surface area contributed by atoms with E-state index in [9.17, 15) is 4.79 Å². The zero-order valence-corrected chi connectivity index (χ0v) is 15.6. The van der Waals surface area contributed by atoms with Gasteiger partial charge in [0.25, 0.3) is 0 Å². The number of rotatable bonds is 3. The molecule has 2 heterocycles. The van der Waals surface area contributed by atoms with Crippen LogP contribution in [0.3, 0.4) is 0 Å². The van der Waals surface area contributed by atoms with Gasteiger partial charge >= 0.3 is 0 Å². The average Bonchev–Trinajstić information content (AvgIpc) is 2.64. The van der Waals surface area contributed by atoms with Crippen LogP contribution in [-0.2, 0) is 4.79 Å².